The second-order valence-corrected chi connectivity index (χ2v) is 8.08. The number of aromatic amines is 1. The molecule has 4 aromatic rings. The summed E-state index contributed by atoms with van der Waals surface area (Å²) >= 11 is 0. The first-order valence-corrected chi connectivity index (χ1v) is 10.6. The summed E-state index contributed by atoms with van der Waals surface area (Å²) in [5.41, 5.74) is 13.9. The molecule has 6 N–H and O–H groups in total. The lowest BCUT2D eigenvalue weighted by Gasteiger charge is -2.07. The van der Waals surface area contributed by atoms with Crippen LogP contribution in [0.3, 0.4) is 0 Å². The van der Waals surface area contributed by atoms with Gasteiger partial charge < -0.3 is 16.8 Å². The van der Waals surface area contributed by atoms with Crippen molar-refractivity contribution >= 4 is 23.5 Å². The van der Waals surface area contributed by atoms with E-state index < -0.39 is 17.6 Å². The predicted octanol–water partition coefficient (Wildman–Crippen LogP) is 3.52. The first-order valence-electron chi connectivity index (χ1n) is 10.6. The number of carbonyl (C=O) groups excluding carboxylic acids is 2. The number of nitrogens with one attached hydrogen (secondary N) is 2. The second-order valence-electron chi connectivity index (χ2n) is 8.08. The Morgan fingerprint density at radius 3 is 2.50 bits per heavy atom. The van der Waals surface area contributed by atoms with Crippen molar-refractivity contribution in [2.75, 3.05) is 11.1 Å². The van der Waals surface area contributed by atoms with Gasteiger partial charge in [-0.2, -0.15) is 10.2 Å². The zero-order valence-electron chi connectivity index (χ0n) is 18.7. The van der Waals surface area contributed by atoms with Crippen LogP contribution in [0.1, 0.15) is 35.8 Å². The largest absolute Gasteiger partial charge is 0.383 e. The van der Waals surface area contributed by atoms with Gasteiger partial charge in [-0.3, -0.25) is 14.7 Å². The fraction of sp³-hybridized carbons (Fsp3) is 0.167. The van der Waals surface area contributed by atoms with Crippen LogP contribution in [0.15, 0.2) is 54.6 Å². The van der Waals surface area contributed by atoms with E-state index in [1.165, 1.54) is 16.8 Å². The average molecular weight is 462 g/mol. The second kappa shape index (κ2) is 9.18. The highest BCUT2D eigenvalue weighted by atomic mass is 19.1. The minimum absolute atomic E-state index is 0.0337. The molecule has 0 radical (unpaired) electrons. The van der Waals surface area contributed by atoms with Crippen molar-refractivity contribution in [3.63, 3.8) is 0 Å². The maximum Gasteiger partial charge on any atom is 0.254 e. The van der Waals surface area contributed by atoms with Crippen LogP contribution < -0.4 is 16.8 Å². The maximum absolute atomic E-state index is 14.9. The zero-order chi connectivity index (χ0) is 24.4. The number of rotatable bonds is 7. The molecule has 0 saturated carbocycles. The maximum atomic E-state index is 14.9. The predicted molar refractivity (Wildman–Crippen MR) is 127 cm³/mol. The molecule has 0 spiro atoms. The lowest BCUT2D eigenvalue weighted by molar-refractivity contribution is -0.115. The molecule has 174 valence electrons. The number of H-pyrrole nitrogens is 1. The van der Waals surface area contributed by atoms with Crippen molar-refractivity contribution in [3.05, 3.63) is 71.5 Å². The minimum Gasteiger partial charge on any atom is -0.383 e. The molecular formula is C24H24FN7O2. The van der Waals surface area contributed by atoms with Gasteiger partial charge in [0.1, 0.15) is 22.9 Å². The SMILES string of the molecule is CC(C)n1nc(-c2ccc(CC(=O)Nc3cc(-c4ccccc4)[nH]n3)c(F)c2)c(C(N)=O)c1N. The number of amides is 2. The number of hydrogen-bond acceptors (Lipinski definition) is 5. The molecule has 34 heavy (non-hydrogen) atoms. The fourth-order valence-corrected chi connectivity index (χ4v) is 3.64. The molecule has 4 rings (SSSR count). The number of anilines is 2. The van der Waals surface area contributed by atoms with Crippen LogP contribution in [0.5, 0.6) is 0 Å². The molecule has 2 heterocycles. The van der Waals surface area contributed by atoms with Gasteiger partial charge in [0, 0.05) is 17.7 Å². The summed E-state index contributed by atoms with van der Waals surface area (Å²) in [4.78, 5) is 24.4. The Labute approximate surface area is 195 Å². The Morgan fingerprint density at radius 2 is 1.85 bits per heavy atom. The van der Waals surface area contributed by atoms with E-state index in [1.54, 1.807) is 12.1 Å². The molecule has 10 heteroatoms. The molecule has 9 nitrogen and oxygen atoms in total. The molecular weight excluding hydrogens is 437 g/mol. The van der Waals surface area contributed by atoms with Crippen molar-refractivity contribution in [3.8, 4) is 22.5 Å². The number of nitrogens with zero attached hydrogens (tertiary/aromatic N) is 3. The van der Waals surface area contributed by atoms with Crippen LogP contribution >= 0.6 is 0 Å². The molecule has 2 aromatic carbocycles. The van der Waals surface area contributed by atoms with Gasteiger partial charge in [-0.15, -0.1) is 0 Å². The molecule has 0 aliphatic carbocycles. The molecule has 0 fully saturated rings. The van der Waals surface area contributed by atoms with E-state index in [1.807, 2.05) is 44.2 Å². The summed E-state index contributed by atoms with van der Waals surface area (Å²) in [6, 6.07) is 15.4. The minimum atomic E-state index is -0.753. The van der Waals surface area contributed by atoms with E-state index in [-0.39, 0.29) is 35.1 Å². The van der Waals surface area contributed by atoms with Crippen LogP contribution in [0.2, 0.25) is 0 Å². The molecule has 0 atom stereocenters. The van der Waals surface area contributed by atoms with Gasteiger partial charge in [0.05, 0.1) is 12.1 Å². The van der Waals surface area contributed by atoms with Gasteiger partial charge in [-0.05, 0) is 31.0 Å². The van der Waals surface area contributed by atoms with E-state index in [2.05, 4.69) is 20.6 Å². The van der Waals surface area contributed by atoms with E-state index in [0.717, 1.165) is 11.3 Å². The Hall–Kier alpha value is -4.47. The summed E-state index contributed by atoms with van der Waals surface area (Å²) in [5.74, 6) is -1.34. The topological polar surface area (TPSA) is 145 Å². The van der Waals surface area contributed by atoms with Crippen molar-refractivity contribution < 1.29 is 14.0 Å². The molecule has 0 saturated heterocycles. The van der Waals surface area contributed by atoms with Crippen LogP contribution in [0, 0.1) is 5.82 Å². The van der Waals surface area contributed by atoms with Crippen LogP contribution in [-0.4, -0.2) is 31.8 Å². The number of hydrogen-bond donors (Lipinski definition) is 4. The Morgan fingerprint density at radius 1 is 1.12 bits per heavy atom. The summed E-state index contributed by atoms with van der Waals surface area (Å²) < 4.78 is 16.3. The Balaban J connectivity index is 1.51. The smallest absolute Gasteiger partial charge is 0.254 e. The summed E-state index contributed by atoms with van der Waals surface area (Å²) in [6.07, 6.45) is -0.203. The van der Waals surface area contributed by atoms with Crippen molar-refractivity contribution in [1.29, 1.82) is 0 Å². The molecule has 0 aliphatic heterocycles. The first-order chi connectivity index (χ1) is 16.2. The molecule has 0 aliphatic rings. The van der Waals surface area contributed by atoms with Crippen LogP contribution in [0.4, 0.5) is 16.0 Å². The van der Waals surface area contributed by atoms with E-state index >= 15 is 0 Å². The highest BCUT2D eigenvalue weighted by Crippen LogP contribution is 2.30. The Bertz CT molecular complexity index is 1360. The van der Waals surface area contributed by atoms with Gasteiger partial charge in [0.25, 0.3) is 5.91 Å². The zero-order valence-corrected chi connectivity index (χ0v) is 18.7. The number of nitrogen functional groups attached to an aromatic ring is 1. The number of nitrogens with two attached hydrogens (primary N) is 2. The lowest BCUT2D eigenvalue weighted by Crippen LogP contribution is -2.16. The van der Waals surface area contributed by atoms with Gasteiger partial charge in [0.2, 0.25) is 5.91 Å². The van der Waals surface area contributed by atoms with Crippen molar-refractivity contribution in [2.24, 2.45) is 5.73 Å². The quantitative estimate of drug-likeness (QED) is 0.333. The van der Waals surface area contributed by atoms with Crippen molar-refractivity contribution in [2.45, 2.75) is 26.3 Å². The van der Waals surface area contributed by atoms with Gasteiger partial charge in [-0.1, -0.05) is 42.5 Å². The Kier molecular flexibility index (Phi) is 6.13. The van der Waals surface area contributed by atoms with Gasteiger partial charge in [0.15, 0.2) is 5.82 Å². The van der Waals surface area contributed by atoms with Crippen LogP contribution in [0.25, 0.3) is 22.5 Å². The monoisotopic (exact) mass is 461 g/mol. The lowest BCUT2D eigenvalue weighted by atomic mass is 10.0. The number of halogens is 1. The highest BCUT2D eigenvalue weighted by molar-refractivity contribution is 6.03. The molecule has 0 bridgehead atoms. The van der Waals surface area contributed by atoms with E-state index in [0.29, 0.717) is 11.4 Å². The summed E-state index contributed by atoms with van der Waals surface area (Å²) in [6.45, 7) is 3.70. The first kappa shape index (κ1) is 22.7. The third-order valence-corrected chi connectivity index (χ3v) is 5.29. The normalized spacial score (nSPS) is 11.1. The third kappa shape index (κ3) is 4.51. The van der Waals surface area contributed by atoms with E-state index in [4.69, 9.17) is 11.5 Å². The number of primary amides is 1. The number of benzene rings is 2. The van der Waals surface area contributed by atoms with Gasteiger partial charge >= 0.3 is 0 Å². The number of carbonyl (C=O) groups is 2. The third-order valence-electron chi connectivity index (χ3n) is 5.29. The van der Waals surface area contributed by atoms with E-state index in [9.17, 15) is 14.0 Å². The highest BCUT2D eigenvalue weighted by Gasteiger charge is 2.23. The number of aromatic nitrogens is 4. The standard InChI is InChI=1S/C24H24FN7O2/c1-13(2)32-23(26)21(24(27)34)22(31-32)16-9-8-15(17(25)10-16)11-20(33)28-19-12-18(29-30-19)14-6-4-3-5-7-14/h3-10,12-13H,11,26H2,1-2H3,(H2,27,34)(H2,28,29,30,33). The molecule has 2 aromatic heterocycles. The molecule has 0 unspecified atom stereocenters. The molecule has 2 amide bonds. The van der Waals surface area contributed by atoms with Crippen LogP contribution in [-0.2, 0) is 11.2 Å². The summed E-state index contributed by atoms with van der Waals surface area (Å²) in [7, 11) is 0. The fourth-order valence-electron chi connectivity index (χ4n) is 3.64. The van der Waals surface area contributed by atoms with Crippen molar-refractivity contribution in [1.82, 2.24) is 20.0 Å². The van der Waals surface area contributed by atoms with Gasteiger partial charge in [-0.25, -0.2) is 9.07 Å². The average Bonchev–Trinajstić information content (AvgIpc) is 3.40. The summed E-state index contributed by atoms with van der Waals surface area (Å²) in [5, 5.41) is 14.0.